The van der Waals surface area contributed by atoms with E-state index in [2.05, 4.69) is 9.97 Å². The molecule has 1 unspecified atom stereocenters. The Bertz CT molecular complexity index is 508. The van der Waals surface area contributed by atoms with E-state index in [1.54, 1.807) is 25.8 Å². The van der Waals surface area contributed by atoms with Crippen LogP contribution < -0.4 is 5.56 Å². The van der Waals surface area contributed by atoms with Gasteiger partial charge in [-0.15, -0.1) is 0 Å². The van der Waals surface area contributed by atoms with Crippen molar-refractivity contribution in [3.05, 3.63) is 33.5 Å². The predicted molar refractivity (Wildman–Crippen MR) is 70.2 cm³/mol. The number of hydrogen-bond donors (Lipinski definition) is 1. The molecule has 0 radical (unpaired) electrons. The lowest BCUT2D eigenvalue weighted by molar-refractivity contribution is 0.156. The van der Waals surface area contributed by atoms with Crippen molar-refractivity contribution >= 4 is 17.3 Å². The summed E-state index contributed by atoms with van der Waals surface area (Å²) in [6.07, 6.45) is 2.08. The molecule has 0 saturated carbocycles. The zero-order valence-corrected chi connectivity index (χ0v) is 11.1. The zero-order valence-electron chi connectivity index (χ0n) is 10.2. The average Bonchev–Trinajstić information content (AvgIpc) is 2.30. The lowest BCUT2D eigenvalue weighted by Gasteiger charge is -2.18. The van der Waals surface area contributed by atoms with Gasteiger partial charge in [-0.2, -0.15) is 11.8 Å². The third-order valence-electron chi connectivity index (χ3n) is 2.75. The normalized spacial score (nSPS) is 19.1. The Balaban J connectivity index is 2.51. The summed E-state index contributed by atoms with van der Waals surface area (Å²) >= 11 is 1.73. The molecular formula is C12H16N2O2S. The Labute approximate surface area is 104 Å². The number of thioether (sulfide) groups is 1. The Hall–Kier alpha value is -1.07. The molecule has 0 fully saturated rings. The molecule has 0 aliphatic carbocycles. The third kappa shape index (κ3) is 2.61. The van der Waals surface area contributed by atoms with Crippen molar-refractivity contribution in [3.8, 4) is 0 Å². The number of nitrogens with one attached hydrogen (secondary N) is 1. The first-order chi connectivity index (χ1) is 8.11. The Morgan fingerprint density at radius 3 is 3.00 bits per heavy atom. The number of aromatic amines is 1. The van der Waals surface area contributed by atoms with Gasteiger partial charge in [-0.05, 0) is 25.5 Å². The summed E-state index contributed by atoms with van der Waals surface area (Å²) in [5, 5.41) is 0. The molecule has 1 aromatic rings. The first-order valence-corrected chi connectivity index (χ1v) is 6.68. The van der Waals surface area contributed by atoms with Gasteiger partial charge in [0.25, 0.3) is 5.56 Å². The highest BCUT2D eigenvalue weighted by molar-refractivity contribution is 7.99. The molecule has 17 heavy (non-hydrogen) atoms. The van der Waals surface area contributed by atoms with Crippen LogP contribution in [0.15, 0.2) is 10.9 Å². The molecule has 0 amide bonds. The van der Waals surface area contributed by atoms with Crippen LogP contribution in [0.4, 0.5) is 0 Å². The molecule has 0 spiro atoms. The van der Waals surface area contributed by atoms with Crippen LogP contribution in [0.1, 0.15) is 24.0 Å². The first kappa shape index (κ1) is 12.4. The maximum Gasteiger partial charge on any atom is 0.255 e. The smallest absolute Gasteiger partial charge is 0.255 e. The third-order valence-corrected chi connectivity index (χ3v) is 3.76. The molecule has 1 atom stereocenters. The molecule has 2 rings (SSSR count). The minimum absolute atomic E-state index is 0.0179. The minimum Gasteiger partial charge on any atom is -0.378 e. The fourth-order valence-corrected chi connectivity index (χ4v) is 2.85. The minimum atomic E-state index is -0.0179. The molecule has 0 saturated heterocycles. The predicted octanol–water partition coefficient (Wildman–Crippen LogP) is 1.74. The van der Waals surface area contributed by atoms with Crippen LogP contribution in [0.2, 0.25) is 0 Å². The molecule has 1 aliphatic rings. The van der Waals surface area contributed by atoms with E-state index in [9.17, 15) is 4.79 Å². The maximum atomic E-state index is 11.8. The molecule has 5 heteroatoms. The lowest BCUT2D eigenvalue weighted by atomic mass is 10.1. The highest BCUT2D eigenvalue weighted by Crippen LogP contribution is 2.29. The fraction of sp³-hybridized carbons (Fsp3) is 0.500. The first-order valence-electron chi connectivity index (χ1n) is 5.53. The van der Waals surface area contributed by atoms with Gasteiger partial charge in [-0.25, -0.2) is 4.98 Å². The molecule has 1 aliphatic heterocycles. The van der Waals surface area contributed by atoms with E-state index < -0.39 is 0 Å². The summed E-state index contributed by atoms with van der Waals surface area (Å²) in [7, 11) is 1.68. The van der Waals surface area contributed by atoms with Gasteiger partial charge in [0.1, 0.15) is 5.82 Å². The van der Waals surface area contributed by atoms with Gasteiger partial charge in [0.15, 0.2) is 0 Å². The number of methoxy groups -OCH3 is 1. The van der Waals surface area contributed by atoms with Gasteiger partial charge in [0.2, 0.25) is 0 Å². The van der Waals surface area contributed by atoms with Crippen molar-refractivity contribution in [1.29, 1.82) is 0 Å². The van der Waals surface area contributed by atoms with Crippen LogP contribution in [-0.4, -0.2) is 28.9 Å². The van der Waals surface area contributed by atoms with Crippen LogP contribution in [-0.2, 0) is 10.5 Å². The second kappa shape index (κ2) is 5.06. The topological polar surface area (TPSA) is 55.0 Å². The van der Waals surface area contributed by atoms with Crippen molar-refractivity contribution in [2.24, 2.45) is 0 Å². The number of rotatable bonds is 2. The van der Waals surface area contributed by atoms with E-state index >= 15 is 0 Å². The number of fused-ring (bicyclic) bond motifs is 1. The van der Waals surface area contributed by atoms with Gasteiger partial charge < -0.3 is 9.72 Å². The Kier molecular flexibility index (Phi) is 3.69. The average molecular weight is 252 g/mol. The van der Waals surface area contributed by atoms with E-state index in [0.717, 1.165) is 28.3 Å². The summed E-state index contributed by atoms with van der Waals surface area (Å²) in [5.74, 6) is 2.28. The second-order valence-electron chi connectivity index (χ2n) is 4.10. The number of ether oxygens (including phenoxy) is 1. The zero-order chi connectivity index (χ0) is 12.4. The van der Waals surface area contributed by atoms with Gasteiger partial charge in [0, 0.05) is 18.6 Å². The Morgan fingerprint density at radius 2 is 2.29 bits per heavy atom. The maximum absolute atomic E-state index is 11.8. The van der Waals surface area contributed by atoms with Crippen molar-refractivity contribution in [3.63, 3.8) is 0 Å². The standard InChI is InChI=1S/C12H16N2O2S/c1-7(16-3)4-9-5-17-6-10-11(9)13-8(2)14-12(10)15/h4,7H,5-6H2,1-3H3,(H,13,14,15)/b9-4-. The van der Waals surface area contributed by atoms with E-state index in [1.165, 1.54) is 0 Å². The summed E-state index contributed by atoms with van der Waals surface area (Å²) in [6, 6.07) is 0. The molecular weight excluding hydrogens is 236 g/mol. The SMILES string of the molecule is COC(C)/C=C1/CSCc2c1nc(C)[nH]c2=O. The fourth-order valence-electron chi connectivity index (χ4n) is 1.82. The van der Waals surface area contributed by atoms with Crippen molar-refractivity contribution in [2.45, 2.75) is 25.7 Å². The summed E-state index contributed by atoms with van der Waals surface area (Å²) in [4.78, 5) is 19.0. The molecule has 0 bridgehead atoms. The summed E-state index contributed by atoms with van der Waals surface area (Å²) in [5.41, 5.74) is 2.70. The van der Waals surface area contributed by atoms with Crippen molar-refractivity contribution in [1.82, 2.24) is 9.97 Å². The second-order valence-corrected chi connectivity index (χ2v) is 5.09. The molecule has 4 nitrogen and oxygen atoms in total. The van der Waals surface area contributed by atoms with Crippen LogP contribution in [0.5, 0.6) is 0 Å². The molecule has 1 aromatic heterocycles. The van der Waals surface area contributed by atoms with Crippen LogP contribution in [0.3, 0.4) is 0 Å². The highest BCUT2D eigenvalue weighted by atomic mass is 32.2. The van der Waals surface area contributed by atoms with E-state index in [0.29, 0.717) is 5.82 Å². The lowest BCUT2D eigenvalue weighted by Crippen LogP contribution is -2.21. The van der Waals surface area contributed by atoms with Gasteiger partial charge in [-0.3, -0.25) is 4.79 Å². The van der Waals surface area contributed by atoms with E-state index in [-0.39, 0.29) is 11.7 Å². The molecule has 2 heterocycles. The van der Waals surface area contributed by atoms with Crippen molar-refractivity contribution < 1.29 is 4.74 Å². The summed E-state index contributed by atoms with van der Waals surface area (Å²) < 4.78 is 5.23. The highest BCUT2D eigenvalue weighted by Gasteiger charge is 2.19. The van der Waals surface area contributed by atoms with E-state index in [4.69, 9.17) is 4.74 Å². The number of aromatic nitrogens is 2. The van der Waals surface area contributed by atoms with Gasteiger partial charge >= 0.3 is 0 Å². The Morgan fingerprint density at radius 1 is 1.53 bits per heavy atom. The van der Waals surface area contributed by atoms with Crippen LogP contribution in [0.25, 0.3) is 5.57 Å². The molecule has 0 aromatic carbocycles. The summed E-state index contributed by atoms with van der Waals surface area (Å²) in [6.45, 7) is 3.78. The monoisotopic (exact) mass is 252 g/mol. The number of nitrogens with zero attached hydrogens (tertiary/aromatic N) is 1. The number of hydrogen-bond acceptors (Lipinski definition) is 4. The van der Waals surface area contributed by atoms with Gasteiger partial charge in [-0.1, -0.05) is 0 Å². The largest absolute Gasteiger partial charge is 0.378 e. The number of H-pyrrole nitrogens is 1. The van der Waals surface area contributed by atoms with Gasteiger partial charge in [0.05, 0.1) is 17.4 Å². The quantitative estimate of drug-likeness (QED) is 0.871. The van der Waals surface area contributed by atoms with E-state index in [1.807, 2.05) is 13.0 Å². The van der Waals surface area contributed by atoms with Crippen LogP contribution >= 0.6 is 11.8 Å². The van der Waals surface area contributed by atoms with Crippen LogP contribution in [0, 0.1) is 6.92 Å². The number of aryl methyl sites for hydroxylation is 1. The molecule has 92 valence electrons. The molecule has 1 N–H and O–H groups in total. The van der Waals surface area contributed by atoms with Crippen molar-refractivity contribution in [2.75, 3.05) is 12.9 Å².